The molecule has 0 aliphatic heterocycles. The van der Waals surface area contributed by atoms with Crippen molar-refractivity contribution in [3.05, 3.63) is 94.5 Å². The molecule has 0 saturated carbocycles. The molecule has 0 fully saturated rings. The lowest BCUT2D eigenvalue weighted by Crippen LogP contribution is -2.31. The number of para-hydroxylation sites is 1. The zero-order chi connectivity index (χ0) is 35.1. The van der Waals surface area contributed by atoms with Gasteiger partial charge in [-0.25, -0.2) is 8.96 Å². The average Bonchev–Trinajstić information content (AvgIpc) is 3.04. The summed E-state index contributed by atoms with van der Waals surface area (Å²) < 4.78 is 30.6. The van der Waals surface area contributed by atoms with Crippen LogP contribution >= 0.6 is 7.82 Å². The number of benzene rings is 3. The van der Waals surface area contributed by atoms with Crippen molar-refractivity contribution in [2.45, 2.75) is 84.9 Å². The molecule has 3 rings (SSSR count). The van der Waals surface area contributed by atoms with E-state index in [2.05, 4.69) is 15.2 Å². The minimum Gasteiger partial charge on any atom is -0.404 e. The van der Waals surface area contributed by atoms with Crippen LogP contribution in [0.5, 0.6) is 5.75 Å². The Labute approximate surface area is 282 Å². The number of nitrogens with one attached hydrogen (secondary N) is 2. The number of amides is 3. The first-order valence-corrected chi connectivity index (χ1v) is 17.8. The Morgan fingerprint density at radius 2 is 1.44 bits per heavy atom. The second-order valence-corrected chi connectivity index (χ2v) is 13.1. The number of nitrogens with zero attached hydrogens (tertiary/aromatic N) is 1. The van der Waals surface area contributed by atoms with E-state index in [4.69, 9.17) is 9.79 Å². The zero-order valence-electron chi connectivity index (χ0n) is 27.9. The van der Waals surface area contributed by atoms with Crippen molar-refractivity contribution in [1.29, 1.82) is 0 Å². The first-order valence-electron chi connectivity index (χ1n) is 16.3. The summed E-state index contributed by atoms with van der Waals surface area (Å²) in [5.74, 6) is -1.33. The molecule has 1 unspecified atom stereocenters. The summed E-state index contributed by atoms with van der Waals surface area (Å²) in [5.41, 5.74) is 4.51. The highest BCUT2D eigenvalue weighted by Gasteiger charge is 2.27. The number of hydrogen-bond donors (Lipinski definition) is 4. The van der Waals surface area contributed by atoms with Crippen LogP contribution < -0.4 is 20.1 Å². The van der Waals surface area contributed by atoms with Crippen molar-refractivity contribution in [3.8, 4) is 5.75 Å². The van der Waals surface area contributed by atoms with E-state index in [1.807, 2.05) is 67.3 Å². The Morgan fingerprint density at radius 3 is 2.10 bits per heavy atom. The maximum atomic E-state index is 14.9. The molecule has 10 nitrogen and oxygen atoms in total. The van der Waals surface area contributed by atoms with Gasteiger partial charge in [-0.3, -0.25) is 24.2 Å². The normalized spacial score (nSPS) is 11.9. The Hall–Kier alpha value is -4.05. The molecule has 4 N–H and O–H groups in total. The molecule has 0 aliphatic rings. The topological polar surface area (TPSA) is 145 Å². The van der Waals surface area contributed by atoms with Crippen LogP contribution in [0, 0.1) is 20.8 Å². The molecule has 260 valence electrons. The molecule has 0 bridgehead atoms. The first-order chi connectivity index (χ1) is 22.9. The number of aryl methyl sites for hydroxylation is 3. The predicted molar refractivity (Wildman–Crippen MR) is 184 cm³/mol. The van der Waals surface area contributed by atoms with Gasteiger partial charge in [0, 0.05) is 37.2 Å². The Bertz CT molecular complexity index is 1580. The van der Waals surface area contributed by atoms with E-state index in [1.165, 1.54) is 18.2 Å². The van der Waals surface area contributed by atoms with Crippen LogP contribution in [0.15, 0.2) is 66.7 Å². The monoisotopic (exact) mass is 683 g/mol. The maximum Gasteiger partial charge on any atom is 0.524 e. The third kappa shape index (κ3) is 12.9. The van der Waals surface area contributed by atoms with Gasteiger partial charge in [0.15, 0.2) is 0 Å². The molecule has 3 amide bonds. The first kappa shape index (κ1) is 38.4. The lowest BCUT2D eigenvalue weighted by atomic mass is 10.1. The minimum atomic E-state index is -4.92. The van der Waals surface area contributed by atoms with E-state index in [1.54, 1.807) is 6.92 Å². The number of carbonyl (C=O) groups is 3. The van der Waals surface area contributed by atoms with Crippen LogP contribution in [-0.2, 0) is 25.5 Å². The summed E-state index contributed by atoms with van der Waals surface area (Å²) in [6.45, 7) is 6.94. The number of unbranched alkanes of at least 4 members (excludes halogenated alkanes) is 4. The summed E-state index contributed by atoms with van der Waals surface area (Å²) in [5, 5.41) is 5.42. The van der Waals surface area contributed by atoms with Crippen LogP contribution in [0.1, 0.15) is 85.4 Å². The summed E-state index contributed by atoms with van der Waals surface area (Å²) in [6.07, 6.45) is 2.66. The standard InChI is InChI=1S/C36H47FN3O7P/c1-26-20-21-32(47-48(44,45)46)30(24-26)35(37)36(43)39-23-13-5-4-12-22-38-33(41)18-10-11-19-34(42)40(31-17-9-7-15-28(31)3)25-29-16-8-6-14-27(29)2/h6-9,14-17,20-21,24,35H,4-5,10-13,18-19,22-23,25H2,1-3H3,(H,38,41)(H,39,43)(H2,44,45,46). The molecule has 12 heteroatoms. The smallest absolute Gasteiger partial charge is 0.404 e. The van der Waals surface area contributed by atoms with Crippen LogP contribution in [0.4, 0.5) is 10.1 Å². The van der Waals surface area contributed by atoms with E-state index in [0.29, 0.717) is 50.8 Å². The highest BCUT2D eigenvalue weighted by Crippen LogP contribution is 2.41. The molecule has 1 atom stereocenters. The highest BCUT2D eigenvalue weighted by atomic mass is 31.2. The van der Waals surface area contributed by atoms with E-state index in [9.17, 15) is 23.3 Å². The SMILES string of the molecule is Cc1ccc(OP(=O)(O)O)c(C(F)C(=O)NCCCCCCNC(=O)CCCCC(=O)N(Cc2ccccc2C)c2ccccc2C)c1. The second-order valence-electron chi connectivity index (χ2n) is 11.9. The van der Waals surface area contributed by atoms with Gasteiger partial charge in [0.25, 0.3) is 5.91 Å². The Kier molecular flexibility index (Phi) is 15.3. The summed E-state index contributed by atoms with van der Waals surface area (Å²) in [6, 6.07) is 19.9. The summed E-state index contributed by atoms with van der Waals surface area (Å²) >= 11 is 0. The number of alkyl halides is 1. The molecule has 3 aromatic rings. The lowest BCUT2D eigenvalue weighted by Gasteiger charge is -2.25. The molecular formula is C36H47FN3O7P. The maximum absolute atomic E-state index is 14.9. The third-order valence-electron chi connectivity index (χ3n) is 7.95. The Morgan fingerprint density at radius 1 is 0.812 bits per heavy atom. The van der Waals surface area contributed by atoms with Crippen molar-refractivity contribution in [1.82, 2.24) is 10.6 Å². The van der Waals surface area contributed by atoms with Gasteiger partial charge >= 0.3 is 7.82 Å². The molecule has 0 aromatic heterocycles. The zero-order valence-corrected chi connectivity index (χ0v) is 28.8. The number of phosphoric ester groups is 1. The number of phosphoric acid groups is 1. The van der Waals surface area contributed by atoms with Gasteiger partial charge in [-0.2, -0.15) is 0 Å². The quantitative estimate of drug-likeness (QED) is 0.0815. The van der Waals surface area contributed by atoms with Crippen LogP contribution in [-0.4, -0.2) is 40.6 Å². The number of anilines is 1. The molecule has 3 aromatic carbocycles. The van der Waals surface area contributed by atoms with Gasteiger partial charge < -0.3 is 20.1 Å². The second kappa shape index (κ2) is 19.1. The largest absolute Gasteiger partial charge is 0.524 e. The fourth-order valence-corrected chi connectivity index (χ4v) is 5.69. The average molecular weight is 684 g/mol. The van der Waals surface area contributed by atoms with Gasteiger partial charge in [0.2, 0.25) is 18.0 Å². The summed E-state index contributed by atoms with van der Waals surface area (Å²) in [7, 11) is -4.92. The van der Waals surface area contributed by atoms with Crippen LogP contribution in [0.3, 0.4) is 0 Å². The fraction of sp³-hybridized carbons (Fsp3) is 0.417. The van der Waals surface area contributed by atoms with Gasteiger partial charge in [-0.15, -0.1) is 0 Å². The van der Waals surface area contributed by atoms with E-state index >= 15 is 0 Å². The van der Waals surface area contributed by atoms with E-state index in [-0.39, 0.29) is 29.7 Å². The van der Waals surface area contributed by atoms with Crippen molar-refractivity contribution >= 4 is 31.2 Å². The van der Waals surface area contributed by atoms with Gasteiger partial charge in [-0.05, 0) is 81.3 Å². The van der Waals surface area contributed by atoms with Crippen LogP contribution in [0.2, 0.25) is 0 Å². The van der Waals surface area contributed by atoms with Crippen molar-refractivity contribution in [3.63, 3.8) is 0 Å². The van der Waals surface area contributed by atoms with E-state index < -0.39 is 19.9 Å². The molecular weight excluding hydrogens is 636 g/mol. The molecule has 0 radical (unpaired) electrons. The number of halogens is 1. The number of carbonyl (C=O) groups excluding carboxylic acids is 3. The van der Waals surface area contributed by atoms with Crippen molar-refractivity contribution in [2.24, 2.45) is 0 Å². The molecule has 48 heavy (non-hydrogen) atoms. The third-order valence-corrected chi connectivity index (χ3v) is 8.39. The van der Waals surface area contributed by atoms with Crippen molar-refractivity contribution in [2.75, 3.05) is 18.0 Å². The molecule has 0 aliphatic carbocycles. The molecule has 0 saturated heterocycles. The van der Waals surface area contributed by atoms with Crippen LogP contribution in [0.25, 0.3) is 0 Å². The van der Waals surface area contributed by atoms with E-state index in [0.717, 1.165) is 41.6 Å². The molecule has 0 heterocycles. The lowest BCUT2D eigenvalue weighted by molar-refractivity contribution is -0.126. The van der Waals surface area contributed by atoms with Gasteiger partial charge in [-0.1, -0.05) is 66.9 Å². The number of rotatable bonds is 19. The minimum absolute atomic E-state index is 0.0278. The van der Waals surface area contributed by atoms with Gasteiger partial charge in [0.1, 0.15) is 5.75 Å². The number of hydrogen-bond acceptors (Lipinski definition) is 5. The predicted octanol–water partition coefficient (Wildman–Crippen LogP) is 6.68. The fourth-order valence-electron chi connectivity index (χ4n) is 5.27. The molecule has 0 spiro atoms. The highest BCUT2D eigenvalue weighted by molar-refractivity contribution is 7.46. The van der Waals surface area contributed by atoms with Gasteiger partial charge in [0.05, 0.1) is 6.54 Å². The Balaban J connectivity index is 1.30. The summed E-state index contributed by atoms with van der Waals surface area (Å²) in [4.78, 5) is 58.0. The van der Waals surface area contributed by atoms with Crippen molar-refractivity contribution < 1.29 is 37.6 Å².